The fourth-order valence-electron chi connectivity index (χ4n) is 3.49. The third kappa shape index (κ3) is 4.95. The first kappa shape index (κ1) is 21.7. The van der Waals surface area contributed by atoms with E-state index in [1.807, 2.05) is 0 Å². The Hall–Kier alpha value is -2.00. The number of carbonyl (C=O) groups excluding carboxylic acids is 1. The minimum Gasteiger partial charge on any atom is -0.350 e. The maximum absolute atomic E-state index is 14.5. The van der Waals surface area contributed by atoms with E-state index < -0.39 is 15.8 Å². The highest BCUT2D eigenvalue weighted by molar-refractivity contribution is 7.89. The number of halogens is 2. The van der Waals surface area contributed by atoms with Crippen molar-refractivity contribution in [2.75, 3.05) is 26.7 Å². The third-order valence-electron chi connectivity index (χ3n) is 5.07. The van der Waals surface area contributed by atoms with Gasteiger partial charge < -0.3 is 5.32 Å². The Labute approximate surface area is 175 Å². The predicted octanol–water partition coefficient (Wildman–Crippen LogP) is 2.95. The van der Waals surface area contributed by atoms with Crippen LogP contribution in [-0.4, -0.2) is 45.9 Å². The topological polar surface area (TPSA) is 78.5 Å². The molecule has 1 saturated heterocycles. The number of likely N-dealkylation sites (tertiary alicyclic amines) is 1. The molecule has 0 radical (unpaired) electrons. The van der Waals surface area contributed by atoms with E-state index in [4.69, 9.17) is 11.6 Å². The highest BCUT2D eigenvalue weighted by atomic mass is 35.5. The number of hydrogen-bond donors (Lipinski definition) is 2. The molecule has 0 saturated carbocycles. The van der Waals surface area contributed by atoms with Crippen LogP contribution in [-0.2, 0) is 10.0 Å². The number of nitrogens with one attached hydrogen (secondary N) is 2. The second kappa shape index (κ2) is 9.21. The van der Waals surface area contributed by atoms with Crippen molar-refractivity contribution in [1.29, 1.82) is 0 Å². The summed E-state index contributed by atoms with van der Waals surface area (Å²) in [6, 6.07) is 9.82. The van der Waals surface area contributed by atoms with Crippen molar-refractivity contribution in [3.63, 3.8) is 0 Å². The summed E-state index contributed by atoms with van der Waals surface area (Å²) in [7, 11) is -2.25. The summed E-state index contributed by atoms with van der Waals surface area (Å²) in [5.74, 6) is -0.764. The van der Waals surface area contributed by atoms with Gasteiger partial charge in [-0.1, -0.05) is 17.7 Å². The summed E-state index contributed by atoms with van der Waals surface area (Å²) in [5.41, 5.74) is 0.701. The number of rotatable bonds is 7. The Bertz CT molecular complexity index is 957. The summed E-state index contributed by atoms with van der Waals surface area (Å²) in [6.45, 7) is 1.81. The van der Waals surface area contributed by atoms with Gasteiger partial charge in [0.05, 0.1) is 10.9 Å². The molecule has 0 spiro atoms. The molecule has 1 amide bonds. The second-order valence-corrected chi connectivity index (χ2v) is 9.13. The molecule has 3 rings (SSSR count). The highest BCUT2D eigenvalue weighted by Crippen LogP contribution is 2.32. The van der Waals surface area contributed by atoms with Gasteiger partial charge in [-0.05, 0) is 69.4 Å². The zero-order chi connectivity index (χ0) is 21.0. The molecule has 9 heteroatoms. The van der Waals surface area contributed by atoms with Gasteiger partial charge in [-0.15, -0.1) is 0 Å². The van der Waals surface area contributed by atoms with E-state index >= 15 is 0 Å². The minimum atomic E-state index is -3.57. The van der Waals surface area contributed by atoms with Crippen molar-refractivity contribution in [3.05, 3.63) is 64.4 Å². The molecule has 1 heterocycles. The molecule has 6 nitrogen and oxygen atoms in total. The molecule has 0 aromatic heterocycles. The molecule has 0 bridgehead atoms. The number of hydrogen-bond acceptors (Lipinski definition) is 4. The molecule has 2 N–H and O–H groups in total. The van der Waals surface area contributed by atoms with Gasteiger partial charge in [0.25, 0.3) is 5.91 Å². The lowest BCUT2D eigenvalue weighted by Crippen LogP contribution is -2.37. The monoisotopic (exact) mass is 439 g/mol. The van der Waals surface area contributed by atoms with Crippen LogP contribution in [0.5, 0.6) is 0 Å². The van der Waals surface area contributed by atoms with Gasteiger partial charge >= 0.3 is 0 Å². The lowest BCUT2D eigenvalue weighted by Gasteiger charge is -2.29. The normalized spacial score (nSPS) is 16.0. The van der Waals surface area contributed by atoms with Gasteiger partial charge in [0.1, 0.15) is 5.82 Å². The van der Waals surface area contributed by atoms with Gasteiger partial charge in [0.15, 0.2) is 0 Å². The first-order valence-corrected chi connectivity index (χ1v) is 11.2. The van der Waals surface area contributed by atoms with Crippen molar-refractivity contribution in [2.45, 2.75) is 23.8 Å². The minimum absolute atomic E-state index is 0.0737. The molecule has 1 unspecified atom stereocenters. The van der Waals surface area contributed by atoms with Crippen molar-refractivity contribution >= 4 is 27.5 Å². The lowest BCUT2D eigenvalue weighted by molar-refractivity contribution is 0.0937. The van der Waals surface area contributed by atoms with E-state index in [2.05, 4.69) is 14.9 Å². The van der Waals surface area contributed by atoms with E-state index in [-0.39, 0.29) is 23.4 Å². The number of carbonyl (C=O) groups is 1. The van der Waals surface area contributed by atoms with Crippen LogP contribution in [0.25, 0.3) is 0 Å². The summed E-state index contributed by atoms with van der Waals surface area (Å²) < 4.78 is 40.3. The predicted molar refractivity (Wildman–Crippen MR) is 110 cm³/mol. The van der Waals surface area contributed by atoms with Gasteiger partial charge in [-0.2, -0.15) is 0 Å². The summed E-state index contributed by atoms with van der Waals surface area (Å²) in [5, 5.41) is 3.16. The first-order valence-electron chi connectivity index (χ1n) is 9.33. The van der Waals surface area contributed by atoms with Crippen LogP contribution in [0.3, 0.4) is 0 Å². The molecular formula is C20H23ClFN3O3S. The van der Waals surface area contributed by atoms with Crippen molar-refractivity contribution in [3.8, 4) is 0 Å². The van der Waals surface area contributed by atoms with Crippen LogP contribution < -0.4 is 10.0 Å². The molecule has 1 fully saturated rings. The van der Waals surface area contributed by atoms with E-state index in [0.717, 1.165) is 25.9 Å². The summed E-state index contributed by atoms with van der Waals surface area (Å²) >= 11 is 6.27. The average molecular weight is 440 g/mol. The molecule has 1 atom stereocenters. The second-order valence-electron chi connectivity index (χ2n) is 6.84. The van der Waals surface area contributed by atoms with E-state index in [9.17, 15) is 17.6 Å². The van der Waals surface area contributed by atoms with Gasteiger partial charge in [0.2, 0.25) is 10.0 Å². The van der Waals surface area contributed by atoms with Gasteiger partial charge in [0, 0.05) is 22.7 Å². The Morgan fingerprint density at radius 1 is 1.17 bits per heavy atom. The maximum Gasteiger partial charge on any atom is 0.251 e. The van der Waals surface area contributed by atoms with Crippen molar-refractivity contribution < 1.29 is 17.6 Å². The molecule has 1 aliphatic rings. The quantitative estimate of drug-likeness (QED) is 0.695. The SMILES string of the molecule is CNS(=O)(=O)c1ccc(C(=O)NCC(c2c(F)cccc2Cl)N2CCCC2)cc1. The molecule has 29 heavy (non-hydrogen) atoms. The van der Waals surface area contributed by atoms with E-state index in [0.29, 0.717) is 16.1 Å². The van der Waals surface area contributed by atoms with E-state index in [1.54, 1.807) is 12.1 Å². The van der Waals surface area contributed by atoms with E-state index in [1.165, 1.54) is 37.4 Å². The Morgan fingerprint density at radius 3 is 2.41 bits per heavy atom. The Morgan fingerprint density at radius 2 is 1.83 bits per heavy atom. The third-order valence-corrected chi connectivity index (χ3v) is 6.83. The summed E-state index contributed by atoms with van der Waals surface area (Å²) in [4.78, 5) is 14.8. The fraction of sp³-hybridized carbons (Fsp3) is 0.350. The smallest absolute Gasteiger partial charge is 0.251 e. The molecule has 1 aliphatic heterocycles. The Balaban J connectivity index is 1.76. The molecule has 0 aliphatic carbocycles. The molecular weight excluding hydrogens is 417 g/mol. The zero-order valence-electron chi connectivity index (χ0n) is 16.0. The number of amides is 1. The van der Waals surface area contributed by atoms with Crippen LogP contribution in [0.4, 0.5) is 4.39 Å². The van der Waals surface area contributed by atoms with Gasteiger partial charge in [-0.3, -0.25) is 9.69 Å². The molecule has 2 aromatic rings. The average Bonchev–Trinajstić information content (AvgIpc) is 3.24. The lowest BCUT2D eigenvalue weighted by atomic mass is 10.0. The largest absolute Gasteiger partial charge is 0.350 e. The zero-order valence-corrected chi connectivity index (χ0v) is 17.6. The highest BCUT2D eigenvalue weighted by Gasteiger charge is 2.28. The van der Waals surface area contributed by atoms with Crippen LogP contribution in [0.2, 0.25) is 5.02 Å². The number of nitrogens with zero attached hydrogens (tertiary/aromatic N) is 1. The molecule has 156 valence electrons. The molecule has 2 aromatic carbocycles. The number of sulfonamides is 1. The maximum atomic E-state index is 14.5. The van der Waals surface area contributed by atoms with Crippen molar-refractivity contribution in [2.24, 2.45) is 0 Å². The van der Waals surface area contributed by atoms with Crippen LogP contribution in [0.1, 0.15) is 34.8 Å². The first-order chi connectivity index (χ1) is 13.8. The standard InChI is InChI=1S/C20H23ClFN3O3S/c1-23-29(27,28)15-9-7-14(8-10-15)20(26)24-13-18(25-11-2-3-12-25)19-16(21)5-4-6-17(19)22/h4-10,18,23H,2-3,11-13H2,1H3,(H,24,26). The van der Waals surface area contributed by atoms with Crippen molar-refractivity contribution in [1.82, 2.24) is 14.9 Å². The Kier molecular flexibility index (Phi) is 6.89. The van der Waals surface area contributed by atoms with Crippen LogP contribution in [0.15, 0.2) is 47.4 Å². The number of benzene rings is 2. The fourth-order valence-corrected chi connectivity index (χ4v) is 4.51. The van der Waals surface area contributed by atoms with Gasteiger partial charge in [-0.25, -0.2) is 17.5 Å². The van der Waals surface area contributed by atoms with Crippen LogP contribution in [0, 0.1) is 5.82 Å². The van der Waals surface area contributed by atoms with Crippen LogP contribution >= 0.6 is 11.6 Å². The summed E-state index contributed by atoms with van der Waals surface area (Å²) in [6.07, 6.45) is 2.02.